The van der Waals surface area contributed by atoms with Crippen LogP contribution in [0.25, 0.3) is 0 Å². The number of benzene rings is 1. The molecule has 0 radical (unpaired) electrons. The van der Waals surface area contributed by atoms with Gasteiger partial charge in [-0.05, 0) is 28.1 Å². The van der Waals surface area contributed by atoms with E-state index in [1.807, 2.05) is 0 Å². The van der Waals surface area contributed by atoms with Gasteiger partial charge in [0.25, 0.3) is 0 Å². The summed E-state index contributed by atoms with van der Waals surface area (Å²) in [6, 6.07) is 4.71. The van der Waals surface area contributed by atoms with E-state index < -0.39 is 0 Å². The summed E-state index contributed by atoms with van der Waals surface area (Å²) < 4.78 is 18.5. The van der Waals surface area contributed by atoms with Crippen molar-refractivity contribution in [2.75, 3.05) is 11.9 Å². The van der Waals surface area contributed by atoms with Crippen molar-refractivity contribution in [2.24, 2.45) is 0 Å². The summed E-state index contributed by atoms with van der Waals surface area (Å²) in [5.41, 5.74) is 0. The molecule has 0 unspecified atom stereocenters. The number of rotatable bonds is 3. The molecule has 0 aromatic heterocycles. The maximum absolute atomic E-state index is 12.9. The average Bonchev–Trinajstić information content (AvgIpc) is 2.08. The molecule has 0 amide bonds. The lowest BCUT2D eigenvalue weighted by Gasteiger charge is -2.05. The van der Waals surface area contributed by atoms with E-state index in [-0.39, 0.29) is 5.82 Å². The third-order valence-electron chi connectivity index (χ3n) is 1.25. The molecule has 0 aliphatic carbocycles. The summed E-state index contributed by atoms with van der Waals surface area (Å²) in [5.74, 6) is 0.233. The standard InChI is InChI=1S/C8H7Br2FO/c9-4-5-12-7-3-1-2-6(11)8(7)10/h1-3H,4-5H2. The quantitative estimate of drug-likeness (QED) is 0.778. The molecule has 0 fully saturated rings. The Morgan fingerprint density at radius 2 is 2.17 bits per heavy atom. The highest BCUT2D eigenvalue weighted by molar-refractivity contribution is 9.10. The highest BCUT2D eigenvalue weighted by Gasteiger charge is 2.04. The van der Waals surface area contributed by atoms with Gasteiger partial charge in [-0.1, -0.05) is 22.0 Å². The molecular weight excluding hydrogens is 291 g/mol. The van der Waals surface area contributed by atoms with E-state index in [1.165, 1.54) is 6.07 Å². The van der Waals surface area contributed by atoms with Crippen molar-refractivity contribution < 1.29 is 9.13 Å². The van der Waals surface area contributed by atoms with Gasteiger partial charge in [0.05, 0.1) is 11.1 Å². The van der Waals surface area contributed by atoms with Crippen molar-refractivity contribution in [3.05, 3.63) is 28.5 Å². The molecule has 1 nitrogen and oxygen atoms in total. The molecule has 0 aliphatic rings. The second-order valence-corrected chi connectivity index (χ2v) is 3.68. The van der Waals surface area contributed by atoms with Crippen LogP contribution in [0.2, 0.25) is 0 Å². The zero-order chi connectivity index (χ0) is 8.97. The third kappa shape index (κ3) is 2.45. The van der Waals surface area contributed by atoms with Gasteiger partial charge in [-0.3, -0.25) is 0 Å². The Morgan fingerprint density at radius 1 is 1.42 bits per heavy atom. The Balaban J connectivity index is 2.78. The van der Waals surface area contributed by atoms with Crippen LogP contribution in [0.5, 0.6) is 5.75 Å². The van der Waals surface area contributed by atoms with Crippen LogP contribution in [0.15, 0.2) is 22.7 Å². The van der Waals surface area contributed by atoms with Crippen LogP contribution in [0.4, 0.5) is 4.39 Å². The Hall–Kier alpha value is -0.0900. The molecule has 1 aromatic rings. The molecular formula is C8H7Br2FO. The molecule has 0 saturated heterocycles. The first-order valence-corrected chi connectivity index (χ1v) is 5.30. The summed E-state index contributed by atoms with van der Waals surface area (Å²) in [5, 5.41) is 0.732. The van der Waals surface area contributed by atoms with E-state index >= 15 is 0 Å². The molecule has 66 valence electrons. The van der Waals surface area contributed by atoms with Crippen molar-refractivity contribution in [3.8, 4) is 5.75 Å². The summed E-state index contributed by atoms with van der Waals surface area (Å²) in [6.07, 6.45) is 0. The van der Waals surface area contributed by atoms with E-state index in [2.05, 4.69) is 31.9 Å². The van der Waals surface area contributed by atoms with Crippen LogP contribution in [-0.4, -0.2) is 11.9 Å². The van der Waals surface area contributed by atoms with E-state index in [4.69, 9.17) is 4.74 Å². The minimum absolute atomic E-state index is 0.304. The number of hydrogen-bond acceptors (Lipinski definition) is 1. The highest BCUT2D eigenvalue weighted by atomic mass is 79.9. The zero-order valence-corrected chi connectivity index (χ0v) is 9.36. The van der Waals surface area contributed by atoms with Gasteiger partial charge in [0.1, 0.15) is 11.6 Å². The minimum atomic E-state index is -0.304. The second kappa shape index (κ2) is 4.82. The largest absolute Gasteiger partial charge is 0.491 e. The van der Waals surface area contributed by atoms with Gasteiger partial charge in [0.15, 0.2) is 0 Å². The lowest BCUT2D eigenvalue weighted by molar-refractivity contribution is 0.340. The van der Waals surface area contributed by atoms with Crippen LogP contribution in [0.1, 0.15) is 0 Å². The fraction of sp³-hybridized carbons (Fsp3) is 0.250. The SMILES string of the molecule is Fc1cccc(OCCBr)c1Br. The van der Waals surface area contributed by atoms with Crippen LogP contribution >= 0.6 is 31.9 Å². The topological polar surface area (TPSA) is 9.23 Å². The molecule has 0 heterocycles. The van der Waals surface area contributed by atoms with Gasteiger partial charge in [-0.15, -0.1) is 0 Å². The van der Waals surface area contributed by atoms with Crippen molar-refractivity contribution in [3.63, 3.8) is 0 Å². The van der Waals surface area contributed by atoms with Crippen LogP contribution < -0.4 is 4.74 Å². The molecule has 0 aliphatic heterocycles. The Morgan fingerprint density at radius 3 is 2.83 bits per heavy atom. The molecule has 0 atom stereocenters. The fourth-order valence-corrected chi connectivity index (χ4v) is 1.28. The van der Waals surface area contributed by atoms with Gasteiger partial charge < -0.3 is 4.74 Å². The minimum Gasteiger partial charge on any atom is -0.491 e. The van der Waals surface area contributed by atoms with Gasteiger partial charge in [-0.25, -0.2) is 4.39 Å². The third-order valence-corrected chi connectivity index (χ3v) is 2.34. The van der Waals surface area contributed by atoms with Crippen LogP contribution in [-0.2, 0) is 0 Å². The summed E-state index contributed by atoms with van der Waals surface area (Å²) in [6.45, 7) is 0.530. The number of hydrogen-bond donors (Lipinski definition) is 0. The van der Waals surface area contributed by atoms with Crippen molar-refractivity contribution in [2.45, 2.75) is 0 Å². The summed E-state index contributed by atoms with van der Waals surface area (Å²) in [7, 11) is 0. The lowest BCUT2D eigenvalue weighted by Crippen LogP contribution is -1.98. The smallest absolute Gasteiger partial charge is 0.141 e. The molecule has 0 bridgehead atoms. The van der Waals surface area contributed by atoms with Crippen molar-refractivity contribution in [1.82, 2.24) is 0 Å². The van der Waals surface area contributed by atoms with Gasteiger partial charge >= 0.3 is 0 Å². The predicted octanol–water partition coefficient (Wildman–Crippen LogP) is 3.36. The molecule has 1 rings (SSSR count). The molecule has 12 heavy (non-hydrogen) atoms. The monoisotopic (exact) mass is 296 g/mol. The Kier molecular flexibility index (Phi) is 4.01. The maximum atomic E-state index is 12.9. The Bertz CT molecular complexity index is 265. The summed E-state index contributed by atoms with van der Waals surface area (Å²) >= 11 is 6.31. The zero-order valence-electron chi connectivity index (χ0n) is 6.19. The van der Waals surface area contributed by atoms with Gasteiger partial charge in [-0.2, -0.15) is 0 Å². The van der Waals surface area contributed by atoms with Crippen LogP contribution in [0, 0.1) is 5.82 Å². The van der Waals surface area contributed by atoms with E-state index in [1.54, 1.807) is 12.1 Å². The number of ether oxygens (including phenoxy) is 1. The highest BCUT2D eigenvalue weighted by Crippen LogP contribution is 2.27. The average molecular weight is 298 g/mol. The van der Waals surface area contributed by atoms with E-state index in [0.717, 1.165) is 5.33 Å². The molecule has 0 spiro atoms. The molecule has 4 heteroatoms. The van der Waals surface area contributed by atoms with Crippen LogP contribution in [0.3, 0.4) is 0 Å². The lowest BCUT2D eigenvalue weighted by atomic mass is 10.3. The first-order valence-electron chi connectivity index (χ1n) is 3.38. The number of alkyl halides is 1. The molecule has 1 aromatic carbocycles. The normalized spacial score (nSPS) is 9.92. The first-order chi connectivity index (χ1) is 5.75. The predicted molar refractivity (Wildman–Crippen MR) is 53.4 cm³/mol. The Labute approximate surface area is 87.2 Å². The summed E-state index contributed by atoms with van der Waals surface area (Å²) in [4.78, 5) is 0. The van der Waals surface area contributed by atoms with E-state index in [9.17, 15) is 4.39 Å². The molecule has 0 N–H and O–H groups in total. The second-order valence-electron chi connectivity index (χ2n) is 2.09. The van der Waals surface area contributed by atoms with Gasteiger partial charge in [0, 0.05) is 5.33 Å². The van der Waals surface area contributed by atoms with Gasteiger partial charge in [0.2, 0.25) is 0 Å². The molecule has 0 saturated carbocycles. The fourth-order valence-electron chi connectivity index (χ4n) is 0.744. The van der Waals surface area contributed by atoms with Crippen molar-refractivity contribution in [1.29, 1.82) is 0 Å². The van der Waals surface area contributed by atoms with Crippen molar-refractivity contribution >= 4 is 31.9 Å². The number of halogens is 3. The maximum Gasteiger partial charge on any atom is 0.141 e. The first kappa shape index (κ1) is 9.99. The van der Waals surface area contributed by atoms with E-state index in [0.29, 0.717) is 16.8 Å².